The first kappa shape index (κ1) is 20.8. The van der Waals surface area contributed by atoms with E-state index in [-0.39, 0.29) is 29.8 Å². The molecule has 3 amide bonds. The molecule has 8 heteroatoms. The molecule has 3 rings (SSSR count). The highest BCUT2D eigenvalue weighted by Crippen LogP contribution is 2.30. The van der Waals surface area contributed by atoms with Gasteiger partial charge in [0.1, 0.15) is 6.04 Å². The maximum absolute atomic E-state index is 13.0. The van der Waals surface area contributed by atoms with Crippen LogP contribution in [0.2, 0.25) is 0 Å². The molecule has 1 saturated heterocycles. The molecule has 0 unspecified atom stereocenters. The lowest BCUT2D eigenvalue weighted by Gasteiger charge is -2.37. The highest BCUT2D eigenvalue weighted by atomic mass is 79.9. The van der Waals surface area contributed by atoms with Crippen LogP contribution in [0.25, 0.3) is 0 Å². The van der Waals surface area contributed by atoms with Crippen molar-refractivity contribution in [3.63, 3.8) is 0 Å². The minimum atomic E-state index is -0.587. The summed E-state index contributed by atoms with van der Waals surface area (Å²) in [5.41, 5.74) is 1.01. The van der Waals surface area contributed by atoms with Crippen LogP contribution in [0.3, 0.4) is 0 Å². The minimum absolute atomic E-state index is 0.0535. The van der Waals surface area contributed by atoms with Crippen LogP contribution in [0.5, 0.6) is 0 Å². The van der Waals surface area contributed by atoms with Crippen LogP contribution in [0.4, 0.5) is 5.69 Å². The van der Waals surface area contributed by atoms with Crippen molar-refractivity contribution < 1.29 is 14.4 Å². The van der Waals surface area contributed by atoms with E-state index in [0.29, 0.717) is 36.6 Å². The number of amides is 3. The van der Waals surface area contributed by atoms with E-state index in [0.717, 1.165) is 10.9 Å². The Kier molecular flexibility index (Phi) is 6.40. The van der Waals surface area contributed by atoms with Crippen LogP contribution in [0.15, 0.2) is 22.7 Å². The van der Waals surface area contributed by atoms with E-state index >= 15 is 0 Å². The zero-order chi connectivity index (χ0) is 20.4. The second kappa shape index (κ2) is 8.61. The van der Waals surface area contributed by atoms with Crippen molar-refractivity contribution in [2.24, 2.45) is 5.92 Å². The molecule has 1 aromatic carbocycles. The fourth-order valence-corrected chi connectivity index (χ4v) is 4.25. The van der Waals surface area contributed by atoms with Gasteiger partial charge in [-0.1, -0.05) is 29.8 Å². The summed E-state index contributed by atoms with van der Waals surface area (Å²) in [6, 6.07) is 4.28. The van der Waals surface area contributed by atoms with Gasteiger partial charge in [0.15, 0.2) is 0 Å². The lowest BCUT2D eigenvalue weighted by atomic mass is 9.95. The van der Waals surface area contributed by atoms with Gasteiger partial charge in [-0.15, -0.1) is 0 Å². The second-order valence-electron chi connectivity index (χ2n) is 7.89. The molecular weight excluding hydrogens is 424 g/mol. The summed E-state index contributed by atoms with van der Waals surface area (Å²) in [4.78, 5) is 40.0. The number of piperidine rings is 1. The van der Waals surface area contributed by atoms with E-state index in [2.05, 4.69) is 45.7 Å². The highest BCUT2D eigenvalue weighted by molar-refractivity contribution is 9.10. The van der Waals surface area contributed by atoms with Crippen LogP contribution in [0, 0.1) is 5.92 Å². The van der Waals surface area contributed by atoms with Gasteiger partial charge >= 0.3 is 0 Å². The van der Waals surface area contributed by atoms with Crippen molar-refractivity contribution in [1.82, 2.24) is 15.5 Å². The third kappa shape index (κ3) is 4.38. The molecule has 1 fully saturated rings. The van der Waals surface area contributed by atoms with Gasteiger partial charge in [-0.2, -0.15) is 0 Å². The van der Waals surface area contributed by atoms with Crippen molar-refractivity contribution in [3.05, 3.63) is 28.2 Å². The average molecular weight is 451 g/mol. The summed E-state index contributed by atoms with van der Waals surface area (Å²) in [5, 5.41) is 9.00. The number of carbonyl (C=O) groups excluding carboxylic acids is 3. The van der Waals surface area contributed by atoms with Crippen LogP contribution in [-0.2, 0) is 9.59 Å². The fourth-order valence-electron chi connectivity index (χ4n) is 3.89. The molecule has 28 heavy (non-hydrogen) atoms. The molecule has 3 N–H and O–H groups in total. The van der Waals surface area contributed by atoms with Crippen LogP contribution >= 0.6 is 15.9 Å². The average Bonchev–Trinajstić information content (AvgIpc) is 2.75. The Bertz CT molecular complexity index is 783. The summed E-state index contributed by atoms with van der Waals surface area (Å²) in [5.74, 6) is -0.0200. The monoisotopic (exact) mass is 450 g/mol. The Morgan fingerprint density at radius 1 is 1.36 bits per heavy atom. The number of likely N-dealkylation sites (N-methyl/N-ethyl adjacent to an activating group) is 1. The van der Waals surface area contributed by atoms with Crippen molar-refractivity contribution in [2.45, 2.75) is 51.2 Å². The number of rotatable bonds is 5. The summed E-state index contributed by atoms with van der Waals surface area (Å²) in [6.07, 6.45) is 1.78. The molecule has 3 atom stereocenters. The maximum Gasteiger partial charge on any atom is 0.256 e. The number of carbonyl (C=O) groups is 3. The van der Waals surface area contributed by atoms with E-state index in [1.54, 1.807) is 30.1 Å². The molecule has 7 nitrogen and oxygen atoms in total. The normalized spacial score (nSPS) is 22.8. The third-order valence-corrected chi connectivity index (χ3v) is 5.85. The van der Waals surface area contributed by atoms with Crippen LogP contribution < -0.4 is 16.0 Å². The number of halogens is 1. The molecule has 2 aliphatic heterocycles. The number of hydrogen-bond donors (Lipinski definition) is 3. The lowest BCUT2D eigenvalue weighted by molar-refractivity contribution is -0.126. The molecular formula is C20H27BrN4O3. The zero-order valence-corrected chi connectivity index (χ0v) is 18.0. The Labute approximate surface area is 173 Å². The van der Waals surface area contributed by atoms with Crippen molar-refractivity contribution in [2.75, 3.05) is 18.9 Å². The third-order valence-electron chi connectivity index (χ3n) is 5.35. The van der Waals surface area contributed by atoms with Gasteiger partial charge in [-0.25, -0.2) is 0 Å². The van der Waals surface area contributed by atoms with Gasteiger partial charge in [-0.3, -0.25) is 14.4 Å². The number of fused-ring (bicyclic) bond motifs is 2. The zero-order valence-electron chi connectivity index (χ0n) is 16.4. The van der Waals surface area contributed by atoms with E-state index in [1.807, 2.05) is 0 Å². The lowest BCUT2D eigenvalue weighted by Crippen LogP contribution is -2.56. The standard InChI is InChI=1S/C20H27BrN4O3/c1-11(2)8-16(22-3)18(26)23-13-6-7-25-17(10-13)19(27)24-15-5-4-12(21)9-14(15)20(25)28/h4-5,9,11,13,16-17,22H,6-8,10H2,1-3H3,(H,23,26)(H,24,27)/t13-,16-,17-/m0/s1. The quantitative estimate of drug-likeness (QED) is 0.640. The summed E-state index contributed by atoms with van der Waals surface area (Å²) in [7, 11) is 1.78. The molecule has 0 bridgehead atoms. The molecule has 152 valence electrons. The molecule has 0 aliphatic carbocycles. The van der Waals surface area contributed by atoms with Crippen molar-refractivity contribution >= 4 is 39.3 Å². The first-order valence-electron chi connectivity index (χ1n) is 9.69. The van der Waals surface area contributed by atoms with Gasteiger partial charge in [-0.05, 0) is 50.4 Å². The first-order valence-corrected chi connectivity index (χ1v) is 10.5. The highest BCUT2D eigenvalue weighted by Gasteiger charge is 2.40. The maximum atomic E-state index is 13.0. The first-order chi connectivity index (χ1) is 13.3. The molecule has 0 aromatic heterocycles. The summed E-state index contributed by atoms with van der Waals surface area (Å²) >= 11 is 3.38. The van der Waals surface area contributed by atoms with Gasteiger partial charge in [0.2, 0.25) is 11.8 Å². The summed E-state index contributed by atoms with van der Waals surface area (Å²) in [6.45, 7) is 4.59. The second-order valence-corrected chi connectivity index (χ2v) is 8.81. The van der Waals surface area contributed by atoms with E-state index in [1.165, 1.54) is 0 Å². The van der Waals surface area contributed by atoms with E-state index in [9.17, 15) is 14.4 Å². The smallest absolute Gasteiger partial charge is 0.256 e. The van der Waals surface area contributed by atoms with E-state index < -0.39 is 6.04 Å². The van der Waals surface area contributed by atoms with Gasteiger partial charge in [0, 0.05) is 17.1 Å². The number of hydrogen-bond acceptors (Lipinski definition) is 4. The molecule has 2 heterocycles. The Balaban J connectivity index is 1.72. The largest absolute Gasteiger partial charge is 0.352 e. The predicted octanol–water partition coefficient (Wildman–Crippen LogP) is 2.12. The molecule has 0 spiro atoms. The number of nitrogens with one attached hydrogen (secondary N) is 3. The molecule has 1 aromatic rings. The Morgan fingerprint density at radius 3 is 2.79 bits per heavy atom. The fraction of sp³-hybridized carbons (Fsp3) is 0.550. The van der Waals surface area contributed by atoms with E-state index in [4.69, 9.17) is 0 Å². The Morgan fingerprint density at radius 2 is 2.11 bits per heavy atom. The number of anilines is 1. The van der Waals surface area contributed by atoms with Gasteiger partial charge in [0.25, 0.3) is 5.91 Å². The minimum Gasteiger partial charge on any atom is -0.352 e. The SMILES string of the molecule is CN[C@@H](CC(C)C)C(=O)N[C@H]1CCN2C(=O)c3cc(Br)ccc3NC(=O)[C@@H]2C1. The number of benzene rings is 1. The van der Waals surface area contributed by atoms with Crippen LogP contribution in [0.1, 0.15) is 43.5 Å². The van der Waals surface area contributed by atoms with Gasteiger partial charge in [0.05, 0.1) is 17.3 Å². The Hall–Kier alpha value is -1.93. The predicted molar refractivity (Wildman–Crippen MR) is 111 cm³/mol. The summed E-state index contributed by atoms with van der Waals surface area (Å²) < 4.78 is 0.790. The topological polar surface area (TPSA) is 90.5 Å². The van der Waals surface area contributed by atoms with Crippen molar-refractivity contribution in [3.8, 4) is 0 Å². The molecule has 0 radical (unpaired) electrons. The number of nitrogens with zero attached hydrogens (tertiary/aromatic N) is 1. The molecule has 0 saturated carbocycles. The molecule has 2 aliphatic rings. The van der Waals surface area contributed by atoms with Crippen LogP contribution in [-0.4, -0.2) is 54.3 Å². The van der Waals surface area contributed by atoms with Gasteiger partial charge < -0.3 is 20.9 Å². The van der Waals surface area contributed by atoms with Crippen molar-refractivity contribution in [1.29, 1.82) is 0 Å².